The summed E-state index contributed by atoms with van der Waals surface area (Å²) in [6, 6.07) is 4.84. The topological polar surface area (TPSA) is 75.8 Å². The lowest BCUT2D eigenvalue weighted by atomic mass is 9.95. The molecule has 0 aromatic heterocycles. The van der Waals surface area contributed by atoms with Crippen molar-refractivity contribution in [3.05, 3.63) is 28.8 Å². The third-order valence-electron chi connectivity index (χ3n) is 3.42. The van der Waals surface area contributed by atoms with Crippen molar-refractivity contribution in [2.24, 2.45) is 5.73 Å². The molecule has 1 aromatic carbocycles. The van der Waals surface area contributed by atoms with Crippen LogP contribution in [0.3, 0.4) is 0 Å². The van der Waals surface area contributed by atoms with Crippen LogP contribution in [0.4, 0.5) is 4.79 Å². The second-order valence-electron chi connectivity index (χ2n) is 6.37. The fraction of sp³-hybridized carbons (Fsp3) is 0.533. The number of rotatable bonds is 1. The number of nitrogens with two attached hydrogens (primary N) is 1. The van der Waals surface area contributed by atoms with Crippen molar-refractivity contribution in [1.82, 2.24) is 4.90 Å². The van der Waals surface area contributed by atoms with Crippen molar-refractivity contribution in [1.29, 1.82) is 0 Å². The van der Waals surface area contributed by atoms with Crippen LogP contribution in [0.2, 0.25) is 5.02 Å². The molecule has 0 bridgehead atoms. The minimum atomic E-state index is -0.527. The predicted octanol–water partition coefficient (Wildman–Crippen LogP) is 2.71. The molecule has 1 aliphatic heterocycles. The lowest BCUT2D eigenvalue weighted by molar-refractivity contribution is 0.0290. The Hall–Kier alpha value is -1.46. The standard InChI is InChI=1S/C15H21ClN2O3/c1-15(2,3)21-14(20)18-7-10(12(17)8-18)9-4-5-13(19)11(16)6-9/h4-6,10,12,19H,7-8,17H2,1-3H3. The van der Waals surface area contributed by atoms with Crippen LogP contribution in [0, 0.1) is 0 Å². The van der Waals surface area contributed by atoms with Gasteiger partial charge in [0.2, 0.25) is 0 Å². The van der Waals surface area contributed by atoms with Gasteiger partial charge in [0.15, 0.2) is 0 Å². The average Bonchev–Trinajstić information content (AvgIpc) is 2.73. The number of carbonyl (C=O) groups is 1. The Kier molecular flexibility index (Phi) is 4.35. The van der Waals surface area contributed by atoms with E-state index in [4.69, 9.17) is 22.1 Å². The van der Waals surface area contributed by atoms with Gasteiger partial charge in [0.05, 0.1) is 5.02 Å². The van der Waals surface area contributed by atoms with Crippen LogP contribution in [0.15, 0.2) is 18.2 Å². The molecule has 116 valence electrons. The maximum atomic E-state index is 12.1. The van der Waals surface area contributed by atoms with Crippen LogP contribution in [0.5, 0.6) is 5.75 Å². The van der Waals surface area contributed by atoms with Gasteiger partial charge in [-0.05, 0) is 38.5 Å². The van der Waals surface area contributed by atoms with E-state index in [0.717, 1.165) is 5.56 Å². The number of hydrogen-bond acceptors (Lipinski definition) is 4. The van der Waals surface area contributed by atoms with Crippen LogP contribution < -0.4 is 5.73 Å². The molecule has 2 rings (SSSR count). The summed E-state index contributed by atoms with van der Waals surface area (Å²) in [5, 5.41) is 9.76. The Bertz CT molecular complexity index is 542. The molecule has 1 aliphatic rings. The monoisotopic (exact) mass is 312 g/mol. The van der Waals surface area contributed by atoms with Gasteiger partial charge in [-0.2, -0.15) is 0 Å². The Balaban J connectivity index is 2.10. The minimum Gasteiger partial charge on any atom is -0.506 e. The Morgan fingerprint density at radius 2 is 2.10 bits per heavy atom. The molecule has 1 aromatic rings. The van der Waals surface area contributed by atoms with E-state index >= 15 is 0 Å². The molecule has 0 saturated carbocycles. The van der Waals surface area contributed by atoms with Crippen molar-refractivity contribution in [2.45, 2.75) is 38.3 Å². The molecule has 1 fully saturated rings. The Labute approximate surface area is 129 Å². The number of ether oxygens (including phenoxy) is 1. The molecule has 6 heteroatoms. The maximum absolute atomic E-state index is 12.1. The fourth-order valence-corrected chi connectivity index (χ4v) is 2.60. The van der Waals surface area contributed by atoms with Gasteiger partial charge < -0.3 is 20.5 Å². The molecule has 1 saturated heterocycles. The highest BCUT2D eigenvalue weighted by atomic mass is 35.5. The molecule has 21 heavy (non-hydrogen) atoms. The molecular weight excluding hydrogens is 292 g/mol. The van der Waals surface area contributed by atoms with Gasteiger partial charge in [-0.3, -0.25) is 0 Å². The summed E-state index contributed by atoms with van der Waals surface area (Å²) >= 11 is 5.93. The number of benzene rings is 1. The van der Waals surface area contributed by atoms with Crippen molar-refractivity contribution in [2.75, 3.05) is 13.1 Å². The zero-order chi connectivity index (χ0) is 15.8. The quantitative estimate of drug-likeness (QED) is 0.836. The molecule has 0 radical (unpaired) electrons. The van der Waals surface area contributed by atoms with Gasteiger partial charge in [-0.1, -0.05) is 17.7 Å². The van der Waals surface area contributed by atoms with Gasteiger partial charge in [-0.15, -0.1) is 0 Å². The van der Waals surface area contributed by atoms with Crippen molar-refractivity contribution < 1.29 is 14.6 Å². The molecule has 0 aliphatic carbocycles. The van der Waals surface area contributed by atoms with E-state index in [9.17, 15) is 9.90 Å². The molecule has 5 nitrogen and oxygen atoms in total. The first kappa shape index (κ1) is 15.9. The smallest absolute Gasteiger partial charge is 0.410 e. The number of likely N-dealkylation sites (tertiary alicyclic amines) is 1. The van der Waals surface area contributed by atoms with Crippen LogP contribution >= 0.6 is 11.6 Å². The number of amides is 1. The number of carbonyl (C=O) groups excluding carboxylic acids is 1. The molecule has 2 unspecified atom stereocenters. The van der Waals surface area contributed by atoms with Gasteiger partial charge in [0.25, 0.3) is 0 Å². The summed E-state index contributed by atoms with van der Waals surface area (Å²) in [7, 11) is 0. The number of aromatic hydroxyl groups is 1. The van der Waals surface area contributed by atoms with Crippen LogP contribution in [-0.2, 0) is 4.74 Å². The van der Waals surface area contributed by atoms with Crippen molar-refractivity contribution in [3.8, 4) is 5.75 Å². The third kappa shape index (κ3) is 3.80. The maximum Gasteiger partial charge on any atom is 0.410 e. The van der Waals surface area contributed by atoms with Crippen molar-refractivity contribution >= 4 is 17.7 Å². The van der Waals surface area contributed by atoms with E-state index in [2.05, 4.69) is 0 Å². The number of halogens is 1. The van der Waals surface area contributed by atoms with E-state index in [-0.39, 0.29) is 28.8 Å². The third-order valence-corrected chi connectivity index (χ3v) is 3.72. The number of phenolic OH excluding ortho intramolecular Hbond substituents is 1. The van der Waals surface area contributed by atoms with E-state index in [1.54, 1.807) is 23.1 Å². The summed E-state index contributed by atoms with van der Waals surface area (Å²) < 4.78 is 5.36. The average molecular weight is 313 g/mol. The van der Waals surface area contributed by atoms with Gasteiger partial charge in [0.1, 0.15) is 11.4 Å². The van der Waals surface area contributed by atoms with Gasteiger partial charge in [-0.25, -0.2) is 4.79 Å². The first-order chi connectivity index (χ1) is 9.67. The summed E-state index contributed by atoms with van der Waals surface area (Å²) in [6.07, 6.45) is -0.356. The molecule has 1 amide bonds. The van der Waals surface area contributed by atoms with Gasteiger partial charge >= 0.3 is 6.09 Å². The van der Waals surface area contributed by atoms with Crippen LogP contribution in [0.1, 0.15) is 32.3 Å². The second kappa shape index (κ2) is 5.73. The highest BCUT2D eigenvalue weighted by Crippen LogP contribution is 2.32. The molecule has 3 N–H and O–H groups in total. The van der Waals surface area contributed by atoms with Gasteiger partial charge in [0, 0.05) is 25.0 Å². The van der Waals surface area contributed by atoms with E-state index in [1.807, 2.05) is 20.8 Å². The highest BCUT2D eigenvalue weighted by Gasteiger charge is 2.36. The number of phenols is 1. The van der Waals surface area contributed by atoms with E-state index in [1.165, 1.54) is 0 Å². The lowest BCUT2D eigenvalue weighted by Gasteiger charge is -2.24. The van der Waals surface area contributed by atoms with Crippen LogP contribution in [-0.4, -0.2) is 40.8 Å². The summed E-state index contributed by atoms with van der Waals surface area (Å²) in [5.74, 6) is 0.0200. The summed E-state index contributed by atoms with van der Waals surface area (Å²) in [5.41, 5.74) is 6.52. The van der Waals surface area contributed by atoms with E-state index in [0.29, 0.717) is 13.1 Å². The fourth-order valence-electron chi connectivity index (χ4n) is 2.41. The lowest BCUT2D eigenvalue weighted by Crippen LogP contribution is -2.36. The molecule has 1 heterocycles. The molecular formula is C15H21ClN2O3. The zero-order valence-corrected chi connectivity index (χ0v) is 13.2. The van der Waals surface area contributed by atoms with Crippen LogP contribution in [0.25, 0.3) is 0 Å². The zero-order valence-electron chi connectivity index (χ0n) is 12.5. The first-order valence-electron chi connectivity index (χ1n) is 6.89. The van der Waals surface area contributed by atoms with Crippen molar-refractivity contribution in [3.63, 3.8) is 0 Å². The molecule has 2 atom stereocenters. The summed E-state index contributed by atoms with van der Waals surface area (Å²) in [6.45, 7) is 6.42. The molecule has 0 spiro atoms. The minimum absolute atomic E-state index is 0.0179. The summed E-state index contributed by atoms with van der Waals surface area (Å²) in [4.78, 5) is 13.7. The predicted molar refractivity (Wildman–Crippen MR) is 81.6 cm³/mol. The number of hydrogen-bond donors (Lipinski definition) is 2. The largest absolute Gasteiger partial charge is 0.506 e. The SMILES string of the molecule is CC(C)(C)OC(=O)N1CC(N)C(c2ccc(O)c(Cl)c2)C1. The number of nitrogens with zero attached hydrogens (tertiary/aromatic N) is 1. The van der Waals surface area contributed by atoms with E-state index < -0.39 is 5.60 Å². The first-order valence-corrected chi connectivity index (χ1v) is 7.27. The Morgan fingerprint density at radius 3 is 2.67 bits per heavy atom. The highest BCUT2D eigenvalue weighted by molar-refractivity contribution is 6.32. The Morgan fingerprint density at radius 1 is 1.43 bits per heavy atom. The second-order valence-corrected chi connectivity index (χ2v) is 6.77. The normalized spacial score (nSPS) is 22.4.